The average Bonchev–Trinajstić information content (AvgIpc) is 3.45. The summed E-state index contributed by atoms with van der Waals surface area (Å²) in [5, 5.41) is 6.89. The molecule has 2 aliphatic heterocycles. The number of nitrogens with zero attached hydrogens (tertiary/aromatic N) is 4. The van der Waals surface area contributed by atoms with Crippen molar-refractivity contribution >= 4 is 12.4 Å². The Balaban J connectivity index is 0.000000858. The van der Waals surface area contributed by atoms with Gasteiger partial charge >= 0.3 is 0 Å². The van der Waals surface area contributed by atoms with Crippen LogP contribution in [-0.2, 0) is 16.1 Å². The maximum atomic E-state index is 13.4. The van der Waals surface area contributed by atoms with Crippen LogP contribution in [0.5, 0.6) is 0 Å². The number of rotatable bonds is 5. The number of carbonyl (C=O) groups excluding carboxylic acids is 1. The number of likely N-dealkylation sites (N-methyl/N-ethyl adjacent to an activating group) is 1. The number of hydrogen-bond acceptors (Lipinski definition) is 4. The van der Waals surface area contributed by atoms with Crippen LogP contribution in [-0.4, -0.2) is 69.6 Å². The zero-order valence-corrected chi connectivity index (χ0v) is 18.0. The molecule has 0 saturated carbocycles. The van der Waals surface area contributed by atoms with Gasteiger partial charge in [-0.1, -0.05) is 6.92 Å². The van der Waals surface area contributed by atoms with E-state index in [1.807, 2.05) is 9.47 Å². The average molecular weight is 431 g/mol. The van der Waals surface area contributed by atoms with Crippen LogP contribution in [0.4, 0.5) is 4.39 Å². The van der Waals surface area contributed by atoms with E-state index in [4.69, 9.17) is 9.90 Å². The van der Waals surface area contributed by atoms with E-state index in [9.17, 15) is 9.18 Å². The van der Waals surface area contributed by atoms with Gasteiger partial charge in [0.05, 0.1) is 17.7 Å². The number of aromatic nitrogens is 2. The fourth-order valence-corrected chi connectivity index (χ4v) is 4.55. The van der Waals surface area contributed by atoms with Crippen LogP contribution in [0.2, 0.25) is 0 Å². The van der Waals surface area contributed by atoms with E-state index < -0.39 is 0 Å². The topological polar surface area (TPSA) is 78.7 Å². The molecule has 2 aliphatic rings. The molecule has 2 fully saturated rings. The van der Waals surface area contributed by atoms with Gasteiger partial charge in [-0.3, -0.25) is 9.59 Å². The van der Waals surface area contributed by atoms with Crippen molar-refractivity contribution in [3.05, 3.63) is 42.1 Å². The Labute approximate surface area is 182 Å². The summed E-state index contributed by atoms with van der Waals surface area (Å²) in [5.41, 5.74) is 2.92. The Morgan fingerprint density at radius 3 is 2.52 bits per heavy atom. The molecule has 0 bridgehead atoms. The van der Waals surface area contributed by atoms with Crippen molar-refractivity contribution in [3.63, 3.8) is 0 Å². The van der Waals surface area contributed by atoms with Crippen LogP contribution in [0.25, 0.3) is 11.3 Å². The normalized spacial score (nSPS) is 19.0. The minimum absolute atomic E-state index is 0.171. The fraction of sp³-hybridized carbons (Fsp3) is 0.522. The molecular formula is C23H31FN4O3. The van der Waals surface area contributed by atoms with Gasteiger partial charge in [0.1, 0.15) is 12.4 Å². The summed E-state index contributed by atoms with van der Waals surface area (Å²) in [5.74, 6) is 0.261. The maximum Gasteiger partial charge on any atom is 0.290 e. The molecule has 1 amide bonds. The quantitative estimate of drug-likeness (QED) is 0.737. The molecule has 0 spiro atoms. The molecule has 168 valence electrons. The minimum Gasteiger partial charge on any atom is -0.483 e. The van der Waals surface area contributed by atoms with Gasteiger partial charge < -0.3 is 19.5 Å². The lowest BCUT2D eigenvalue weighted by atomic mass is 9.91. The van der Waals surface area contributed by atoms with Crippen molar-refractivity contribution < 1.29 is 19.1 Å². The van der Waals surface area contributed by atoms with Gasteiger partial charge in [0.15, 0.2) is 0 Å². The summed E-state index contributed by atoms with van der Waals surface area (Å²) in [6.07, 6.45) is 6.22. The third kappa shape index (κ3) is 5.70. The van der Waals surface area contributed by atoms with Crippen molar-refractivity contribution in [1.82, 2.24) is 19.4 Å². The first kappa shape index (κ1) is 22.9. The highest BCUT2D eigenvalue weighted by Crippen LogP contribution is 2.34. The van der Waals surface area contributed by atoms with E-state index in [2.05, 4.69) is 16.8 Å². The van der Waals surface area contributed by atoms with Crippen LogP contribution >= 0.6 is 0 Å². The zero-order valence-electron chi connectivity index (χ0n) is 18.0. The number of likely N-dealkylation sites (tertiary alicyclic amines) is 2. The number of carbonyl (C=O) groups is 2. The summed E-state index contributed by atoms with van der Waals surface area (Å²) in [4.78, 5) is 30.2. The Kier molecular flexibility index (Phi) is 8.17. The van der Waals surface area contributed by atoms with E-state index in [1.54, 1.807) is 18.5 Å². The molecule has 2 saturated heterocycles. The molecule has 1 atom stereocenters. The van der Waals surface area contributed by atoms with Gasteiger partial charge in [0, 0.05) is 31.1 Å². The highest BCUT2D eigenvalue weighted by molar-refractivity contribution is 5.76. The predicted molar refractivity (Wildman–Crippen MR) is 116 cm³/mol. The second-order valence-corrected chi connectivity index (χ2v) is 8.04. The van der Waals surface area contributed by atoms with Crippen LogP contribution in [0, 0.1) is 5.82 Å². The lowest BCUT2D eigenvalue weighted by Crippen LogP contribution is -2.36. The third-order valence-electron chi connectivity index (χ3n) is 6.10. The molecule has 0 aliphatic carbocycles. The van der Waals surface area contributed by atoms with E-state index in [-0.39, 0.29) is 18.2 Å². The number of hydrogen-bond donors (Lipinski definition) is 1. The monoisotopic (exact) mass is 430 g/mol. The van der Waals surface area contributed by atoms with E-state index in [0.29, 0.717) is 12.5 Å². The molecule has 7 nitrogen and oxygen atoms in total. The Bertz CT molecular complexity index is 862. The molecule has 1 aromatic heterocycles. The Morgan fingerprint density at radius 2 is 1.87 bits per heavy atom. The lowest BCUT2D eigenvalue weighted by molar-refractivity contribution is -0.130. The smallest absolute Gasteiger partial charge is 0.290 e. The second kappa shape index (κ2) is 11.0. The minimum atomic E-state index is -0.250. The van der Waals surface area contributed by atoms with Crippen molar-refractivity contribution in [3.8, 4) is 11.3 Å². The number of amides is 1. The summed E-state index contributed by atoms with van der Waals surface area (Å²) in [6.45, 7) is 7.14. The number of carboxylic acid groups (broad SMARTS) is 1. The molecule has 1 N–H and O–H groups in total. The van der Waals surface area contributed by atoms with Gasteiger partial charge in [-0.25, -0.2) is 9.37 Å². The van der Waals surface area contributed by atoms with Crippen LogP contribution in [0.1, 0.15) is 44.2 Å². The van der Waals surface area contributed by atoms with Crippen molar-refractivity contribution in [2.45, 2.75) is 45.1 Å². The van der Waals surface area contributed by atoms with Gasteiger partial charge in [0.2, 0.25) is 5.91 Å². The van der Waals surface area contributed by atoms with Gasteiger partial charge in [0.25, 0.3) is 6.47 Å². The highest BCUT2D eigenvalue weighted by Gasteiger charge is 2.28. The fourth-order valence-electron chi connectivity index (χ4n) is 4.55. The lowest BCUT2D eigenvalue weighted by Gasteiger charge is -2.33. The van der Waals surface area contributed by atoms with Crippen LogP contribution in [0.3, 0.4) is 0 Å². The number of piperidine rings is 1. The Hall–Kier alpha value is -2.74. The number of halogens is 1. The summed E-state index contributed by atoms with van der Waals surface area (Å²) >= 11 is 0. The van der Waals surface area contributed by atoms with Crippen molar-refractivity contribution in [1.29, 1.82) is 0 Å². The molecule has 1 unspecified atom stereocenters. The van der Waals surface area contributed by atoms with E-state index >= 15 is 0 Å². The summed E-state index contributed by atoms with van der Waals surface area (Å²) in [6, 6.07) is 6.53. The molecule has 8 heteroatoms. The first-order chi connectivity index (χ1) is 15.1. The van der Waals surface area contributed by atoms with E-state index in [1.165, 1.54) is 12.1 Å². The SMILES string of the molecule is CCN1CCCC(c2c(-c3ccc(F)cc3)ncn2CC(=O)N2CCCC2)C1.O=CO. The van der Waals surface area contributed by atoms with Crippen molar-refractivity contribution in [2.24, 2.45) is 0 Å². The van der Waals surface area contributed by atoms with E-state index in [0.717, 1.165) is 75.4 Å². The van der Waals surface area contributed by atoms with Gasteiger partial charge in [-0.2, -0.15) is 0 Å². The highest BCUT2D eigenvalue weighted by atomic mass is 19.1. The molecule has 3 heterocycles. The van der Waals surface area contributed by atoms with Crippen molar-refractivity contribution in [2.75, 3.05) is 32.7 Å². The molecule has 31 heavy (non-hydrogen) atoms. The van der Waals surface area contributed by atoms with Crippen LogP contribution in [0.15, 0.2) is 30.6 Å². The third-order valence-corrected chi connectivity index (χ3v) is 6.10. The van der Waals surface area contributed by atoms with Crippen LogP contribution < -0.4 is 0 Å². The molecule has 1 aromatic carbocycles. The first-order valence-corrected chi connectivity index (χ1v) is 11.0. The predicted octanol–water partition coefficient (Wildman–Crippen LogP) is 3.21. The molecule has 2 aromatic rings. The molecule has 4 rings (SSSR count). The summed E-state index contributed by atoms with van der Waals surface area (Å²) in [7, 11) is 0. The summed E-state index contributed by atoms with van der Waals surface area (Å²) < 4.78 is 15.5. The number of imidazole rings is 1. The zero-order chi connectivity index (χ0) is 22.2. The standard InChI is InChI=1S/C22H29FN4O.CH2O2/c1-2-25-11-5-6-18(14-25)22-21(17-7-9-19(23)10-8-17)24-16-27(22)15-20(28)26-12-3-4-13-26;2-1-3/h7-10,16,18H,2-6,11-15H2,1H3;1H,(H,2,3). The maximum absolute atomic E-state index is 13.4. The first-order valence-electron chi connectivity index (χ1n) is 11.0. The van der Waals surface area contributed by atoms with Gasteiger partial charge in [-0.05, 0) is 63.0 Å². The largest absolute Gasteiger partial charge is 0.483 e. The molecular weight excluding hydrogens is 399 g/mol. The molecule has 0 radical (unpaired) electrons. The van der Waals surface area contributed by atoms with Gasteiger partial charge in [-0.15, -0.1) is 0 Å². The second-order valence-electron chi connectivity index (χ2n) is 8.04. The Morgan fingerprint density at radius 1 is 1.19 bits per heavy atom. The number of benzene rings is 1.